The summed E-state index contributed by atoms with van der Waals surface area (Å²) in [6.07, 6.45) is 4.22. The fourth-order valence-electron chi connectivity index (χ4n) is 6.81. The second-order valence-electron chi connectivity index (χ2n) is 13.8. The van der Waals surface area contributed by atoms with E-state index in [1.54, 1.807) is 25.1 Å². The van der Waals surface area contributed by atoms with Crippen molar-refractivity contribution in [3.05, 3.63) is 36.0 Å². The van der Waals surface area contributed by atoms with E-state index in [9.17, 15) is 19.5 Å². The number of alkyl halides is 2. The molecule has 0 unspecified atom stereocenters. The molecule has 6 atom stereocenters. The Bertz CT molecular complexity index is 1510. The molecule has 1 N–H and O–H groups in total. The molecular weight excluding hydrogens is 600 g/mol. The maximum absolute atomic E-state index is 16.0. The summed E-state index contributed by atoms with van der Waals surface area (Å²) in [5.74, 6) is -7.43. The number of halogens is 2. The number of methoxy groups -OCH3 is 1. The van der Waals surface area contributed by atoms with Crippen molar-refractivity contribution < 1.29 is 42.5 Å². The van der Waals surface area contributed by atoms with Crippen molar-refractivity contribution in [2.45, 2.75) is 96.8 Å². The lowest BCUT2D eigenvalue weighted by Crippen LogP contribution is -2.48. The van der Waals surface area contributed by atoms with Gasteiger partial charge >= 0.3 is 11.9 Å². The predicted octanol–water partition coefficient (Wildman–Crippen LogP) is 5.91. The Balaban J connectivity index is 1.59. The molecule has 5 rings (SSSR count). The number of allylic oxidation sites excluding steroid dienone is 1. The van der Waals surface area contributed by atoms with Gasteiger partial charge in [0, 0.05) is 24.8 Å². The first kappa shape index (κ1) is 33.5. The highest BCUT2D eigenvalue weighted by Crippen LogP contribution is 2.42. The first-order valence-corrected chi connectivity index (χ1v) is 16.0. The van der Waals surface area contributed by atoms with E-state index in [1.165, 1.54) is 12.0 Å². The molecule has 10 nitrogen and oxygen atoms in total. The molecule has 12 heteroatoms. The Hall–Kier alpha value is -3.83. The molecule has 1 aliphatic carbocycles. The third kappa shape index (κ3) is 6.95. The number of aliphatic carboxylic acids is 1. The van der Waals surface area contributed by atoms with Gasteiger partial charge in [0.15, 0.2) is 5.69 Å². The van der Waals surface area contributed by atoms with Crippen LogP contribution in [0, 0.1) is 23.2 Å². The van der Waals surface area contributed by atoms with Crippen LogP contribution in [0.4, 0.5) is 8.78 Å². The van der Waals surface area contributed by atoms with Gasteiger partial charge in [-0.1, -0.05) is 46.3 Å². The van der Waals surface area contributed by atoms with Crippen molar-refractivity contribution in [3.8, 4) is 11.6 Å². The number of hydrogen-bond acceptors (Lipinski definition) is 8. The van der Waals surface area contributed by atoms with Crippen LogP contribution in [0.2, 0.25) is 0 Å². The summed E-state index contributed by atoms with van der Waals surface area (Å²) in [6, 6.07) is 3.40. The molecule has 1 amide bonds. The lowest BCUT2D eigenvalue weighted by Gasteiger charge is -2.35. The summed E-state index contributed by atoms with van der Waals surface area (Å²) in [5.41, 5.74) is -0.842. The van der Waals surface area contributed by atoms with Crippen molar-refractivity contribution in [2.75, 3.05) is 13.7 Å². The molecule has 0 saturated carbocycles. The second kappa shape index (κ2) is 13.1. The largest absolute Gasteiger partial charge is 0.497 e. The molecule has 1 fully saturated rings. The Morgan fingerprint density at radius 2 is 1.80 bits per heavy atom. The molecule has 46 heavy (non-hydrogen) atoms. The highest BCUT2D eigenvalue weighted by Gasteiger charge is 2.51. The molecule has 3 heterocycles. The fraction of sp³-hybridized carbons (Fsp3) is 0.618. The molecule has 2 aliphatic heterocycles. The van der Waals surface area contributed by atoms with Crippen molar-refractivity contribution in [1.29, 1.82) is 0 Å². The standard InChI is InChI=1S/C34H43F2N3O7/c1-19-26-18-39(28(19)32(42)43)31(41)22(33(2,3)4)17-27(40)45-25-12-7-6-10-20(25)11-8-9-15-34(35,36)29-30(46-26)38-24-16-21(44-5)13-14-23(24)37-29/h6-7,13-14,16,19-20,22,25-26,28H,8-12,15,17-18H2,1-5H3,(H,42,43)/t19-,20+,22-,25-,26+,28+/m1/s1. The smallest absolute Gasteiger partial charge is 0.326 e. The zero-order valence-electron chi connectivity index (χ0n) is 27.0. The van der Waals surface area contributed by atoms with Crippen LogP contribution in [0.1, 0.15) is 78.3 Å². The van der Waals surface area contributed by atoms with Gasteiger partial charge in [-0.25, -0.2) is 14.8 Å². The Morgan fingerprint density at radius 1 is 1.07 bits per heavy atom. The molecular formula is C34H43F2N3O7. The van der Waals surface area contributed by atoms with Crippen LogP contribution in [-0.2, 0) is 25.0 Å². The van der Waals surface area contributed by atoms with Crippen LogP contribution in [-0.4, -0.2) is 69.7 Å². The van der Waals surface area contributed by atoms with Gasteiger partial charge in [0.05, 0.1) is 37.0 Å². The molecule has 2 aromatic rings. The van der Waals surface area contributed by atoms with Crippen LogP contribution in [0.3, 0.4) is 0 Å². The van der Waals surface area contributed by atoms with E-state index >= 15 is 8.78 Å². The molecule has 0 spiro atoms. The molecule has 1 aromatic carbocycles. The number of carboxylic acids is 1. The number of ether oxygens (including phenoxy) is 3. The van der Waals surface area contributed by atoms with E-state index in [-0.39, 0.29) is 36.3 Å². The van der Waals surface area contributed by atoms with Gasteiger partial charge in [-0.15, -0.1) is 0 Å². The summed E-state index contributed by atoms with van der Waals surface area (Å²) in [4.78, 5) is 50.0. The SMILES string of the molecule is COc1ccc2nc3c(nc2c1)O[C@H]1CN(C(=O)[C@H](C(C)(C)C)CC(=O)O[C@@H]2CC=CC[C@H]2CCCCC3(F)F)[C@H](C(=O)O)[C@@H]1C. The third-order valence-electron chi connectivity index (χ3n) is 9.59. The van der Waals surface area contributed by atoms with Gasteiger partial charge in [0.2, 0.25) is 11.8 Å². The monoisotopic (exact) mass is 643 g/mol. The number of rotatable bonds is 2. The number of aromatic nitrogens is 2. The van der Waals surface area contributed by atoms with Gasteiger partial charge < -0.3 is 24.2 Å². The number of carboxylic acid groups (broad SMARTS) is 1. The number of amides is 1. The summed E-state index contributed by atoms with van der Waals surface area (Å²) in [7, 11) is 1.47. The van der Waals surface area contributed by atoms with Gasteiger partial charge in [-0.2, -0.15) is 8.78 Å². The molecule has 2 bridgehead atoms. The molecule has 3 aliphatic rings. The average Bonchev–Trinajstić information content (AvgIpc) is 3.32. The third-order valence-corrected chi connectivity index (χ3v) is 9.59. The molecule has 1 saturated heterocycles. The number of carbonyl (C=O) groups is 3. The van der Waals surface area contributed by atoms with Crippen LogP contribution in [0.25, 0.3) is 11.0 Å². The number of esters is 1. The van der Waals surface area contributed by atoms with Gasteiger partial charge in [-0.3, -0.25) is 9.59 Å². The average molecular weight is 644 g/mol. The topological polar surface area (TPSA) is 128 Å². The maximum Gasteiger partial charge on any atom is 0.326 e. The molecule has 250 valence electrons. The first-order chi connectivity index (χ1) is 21.7. The lowest BCUT2D eigenvalue weighted by molar-refractivity contribution is -0.160. The number of benzene rings is 1. The highest BCUT2D eigenvalue weighted by atomic mass is 19.3. The minimum atomic E-state index is -3.42. The Kier molecular flexibility index (Phi) is 9.56. The van der Waals surface area contributed by atoms with Crippen LogP contribution in [0.5, 0.6) is 11.6 Å². The van der Waals surface area contributed by atoms with Crippen LogP contribution in [0.15, 0.2) is 30.4 Å². The van der Waals surface area contributed by atoms with E-state index in [1.807, 2.05) is 32.9 Å². The van der Waals surface area contributed by atoms with Crippen LogP contribution >= 0.6 is 0 Å². The Morgan fingerprint density at radius 3 is 2.50 bits per heavy atom. The second-order valence-corrected chi connectivity index (χ2v) is 13.8. The fourth-order valence-corrected chi connectivity index (χ4v) is 6.81. The summed E-state index contributed by atoms with van der Waals surface area (Å²) in [6.45, 7) is 6.86. The molecule has 1 aromatic heterocycles. The van der Waals surface area contributed by atoms with Crippen molar-refractivity contribution in [3.63, 3.8) is 0 Å². The number of carbonyl (C=O) groups excluding carboxylic acids is 2. The zero-order chi connectivity index (χ0) is 33.4. The zero-order valence-corrected chi connectivity index (χ0v) is 27.0. The number of nitrogens with zero attached hydrogens (tertiary/aromatic N) is 3. The van der Waals surface area contributed by atoms with Crippen LogP contribution < -0.4 is 9.47 Å². The van der Waals surface area contributed by atoms with E-state index in [4.69, 9.17) is 14.2 Å². The minimum Gasteiger partial charge on any atom is -0.497 e. The highest BCUT2D eigenvalue weighted by molar-refractivity contribution is 5.89. The predicted molar refractivity (Wildman–Crippen MR) is 164 cm³/mol. The summed E-state index contributed by atoms with van der Waals surface area (Å²) < 4.78 is 49.4. The maximum atomic E-state index is 16.0. The van der Waals surface area contributed by atoms with E-state index in [2.05, 4.69) is 9.97 Å². The first-order valence-electron chi connectivity index (χ1n) is 16.0. The number of fused-ring (bicyclic) bond motifs is 5. The van der Waals surface area contributed by atoms with Gasteiger partial charge in [-0.05, 0) is 42.7 Å². The van der Waals surface area contributed by atoms with E-state index in [0.717, 1.165) is 0 Å². The Labute approximate surface area is 267 Å². The minimum absolute atomic E-state index is 0.0452. The van der Waals surface area contributed by atoms with Crippen molar-refractivity contribution in [1.82, 2.24) is 14.9 Å². The lowest BCUT2D eigenvalue weighted by atomic mass is 9.77. The normalized spacial score (nSPS) is 29.2. The summed E-state index contributed by atoms with van der Waals surface area (Å²) >= 11 is 0. The van der Waals surface area contributed by atoms with E-state index < -0.39 is 77.3 Å². The quantitative estimate of drug-likeness (QED) is 0.314. The van der Waals surface area contributed by atoms with E-state index in [0.29, 0.717) is 31.4 Å². The molecule has 0 radical (unpaired) electrons. The summed E-state index contributed by atoms with van der Waals surface area (Å²) in [5, 5.41) is 10.2. The van der Waals surface area contributed by atoms with Crippen molar-refractivity contribution >= 4 is 28.9 Å². The van der Waals surface area contributed by atoms with Crippen molar-refractivity contribution in [2.24, 2.45) is 23.2 Å². The van der Waals surface area contributed by atoms with Gasteiger partial charge in [0.25, 0.3) is 5.92 Å². The van der Waals surface area contributed by atoms with Gasteiger partial charge in [0.1, 0.15) is 24.0 Å². The number of hydrogen-bond donors (Lipinski definition) is 1.